The highest BCUT2D eigenvalue weighted by Gasteiger charge is 2.64. The number of ether oxygens (including phenoxy) is 5. The molecule has 4 bridgehead atoms. The number of methoxy groups -OCH3 is 2. The third kappa shape index (κ3) is 7.01. The lowest BCUT2D eigenvalue weighted by Crippen LogP contribution is -2.63. The molecule has 4 rings (SSSR count). The van der Waals surface area contributed by atoms with Crippen molar-refractivity contribution in [2.24, 2.45) is 17.8 Å². The van der Waals surface area contributed by atoms with Crippen molar-refractivity contribution in [1.29, 1.82) is 0 Å². The van der Waals surface area contributed by atoms with Crippen molar-refractivity contribution in [3.63, 3.8) is 0 Å². The standard InChI is InChI=1S/C32H45ClN2O9/c1-17(2)29(37)43-25-15-26(36)35(6)21-13-20(14-22(40-7)27(21)33)12-18(3)10-9-11-24(41-8)32(39)16-23(42-30(38)34-32)19(4)28-31(25,5)44-28/h9,11,13-14,17-19,23-25,28,39H,10,12,15-16H2,1-8H3,(H,34,38)/t18?,19-,23+,24-,25+,28+,31-,32+/m1/s1. The number of epoxide rings is 1. The molecule has 1 unspecified atom stereocenters. The van der Waals surface area contributed by atoms with E-state index < -0.39 is 59.6 Å². The van der Waals surface area contributed by atoms with Gasteiger partial charge in [0, 0.05) is 26.5 Å². The van der Waals surface area contributed by atoms with Crippen LogP contribution in [0.1, 0.15) is 59.4 Å². The Kier molecular flexibility index (Phi) is 10.2. The zero-order valence-corrected chi connectivity index (χ0v) is 27.5. The number of carbonyl (C=O) groups excluding carboxylic acids is 3. The van der Waals surface area contributed by atoms with Crippen LogP contribution in [0.4, 0.5) is 10.5 Å². The van der Waals surface area contributed by atoms with Crippen LogP contribution in [0.25, 0.3) is 0 Å². The number of amides is 2. The van der Waals surface area contributed by atoms with Gasteiger partial charge in [0.2, 0.25) is 5.91 Å². The third-order valence-electron chi connectivity index (χ3n) is 8.96. The van der Waals surface area contributed by atoms with Crippen LogP contribution in [0, 0.1) is 17.8 Å². The number of aliphatic hydroxyl groups is 1. The Morgan fingerprint density at radius 3 is 2.55 bits per heavy atom. The molecular weight excluding hydrogens is 592 g/mol. The van der Waals surface area contributed by atoms with Gasteiger partial charge in [0.05, 0.1) is 31.2 Å². The van der Waals surface area contributed by atoms with Gasteiger partial charge in [-0.2, -0.15) is 0 Å². The molecule has 0 aromatic heterocycles. The Hall–Kier alpha value is -2.86. The molecule has 8 atom stereocenters. The third-order valence-corrected chi connectivity index (χ3v) is 9.34. The number of allylic oxidation sites excluding steroid dienone is 1. The summed E-state index contributed by atoms with van der Waals surface area (Å²) >= 11 is 6.70. The van der Waals surface area contributed by atoms with Crippen LogP contribution < -0.4 is 15.0 Å². The van der Waals surface area contributed by atoms with Gasteiger partial charge in [-0.25, -0.2) is 4.79 Å². The normalized spacial score (nSPS) is 34.6. The number of fused-ring (bicyclic) bond motifs is 5. The lowest BCUT2D eigenvalue weighted by molar-refractivity contribution is -0.157. The average molecular weight is 637 g/mol. The fourth-order valence-electron chi connectivity index (χ4n) is 6.12. The van der Waals surface area contributed by atoms with Crippen molar-refractivity contribution in [1.82, 2.24) is 5.32 Å². The molecule has 0 saturated carbocycles. The maximum absolute atomic E-state index is 13.8. The number of anilines is 1. The van der Waals surface area contributed by atoms with Crippen molar-refractivity contribution in [3.8, 4) is 5.75 Å². The van der Waals surface area contributed by atoms with Gasteiger partial charge >= 0.3 is 12.1 Å². The first kappa shape index (κ1) is 34.0. The van der Waals surface area contributed by atoms with Gasteiger partial charge in [0.25, 0.3) is 0 Å². The fraction of sp³-hybridized carbons (Fsp3) is 0.656. The Bertz CT molecular complexity index is 1290. The molecule has 2 saturated heterocycles. The number of esters is 1. The first-order valence-corrected chi connectivity index (χ1v) is 15.4. The van der Waals surface area contributed by atoms with Gasteiger partial charge in [0.1, 0.15) is 34.7 Å². The maximum Gasteiger partial charge on any atom is 0.409 e. The summed E-state index contributed by atoms with van der Waals surface area (Å²) in [5.41, 5.74) is -1.41. The molecular formula is C32H45ClN2O9. The molecule has 0 spiro atoms. The number of alkyl carbamates (subject to hydrolysis) is 1. The molecule has 1 aromatic carbocycles. The summed E-state index contributed by atoms with van der Waals surface area (Å²) in [7, 11) is 4.61. The van der Waals surface area contributed by atoms with Gasteiger partial charge in [0.15, 0.2) is 5.72 Å². The fourth-order valence-corrected chi connectivity index (χ4v) is 6.43. The molecule has 11 nitrogen and oxygen atoms in total. The van der Waals surface area contributed by atoms with Crippen LogP contribution in [-0.4, -0.2) is 80.1 Å². The van der Waals surface area contributed by atoms with Crippen LogP contribution in [0.2, 0.25) is 5.02 Å². The van der Waals surface area contributed by atoms with E-state index in [9.17, 15) is 19.5 Å². The van der Waals surface area contributed by atoms with E-state index in [2.05, 4.69) is 12.2 Å². The smallest absolute Gasteiger partial charge is 0.409 e. The Morgan fingerprint density at radius 2 is 1.91 bits per heavy atom. The van der Waals surface area contributed by atoms with Gasteiger partial charge in [-0.15, -0.1) is 0 Å². The lowest BCUT2D eigenvalue weighted by atomic mass is 9.83. The molecule has 0 radical (unpaired) electrons. The zero-order valence-electron chi connectivity index (χ0n) is 26.7. The predicted molar refractivity (Wildman–Crippen MR) is 164 cm³/mol. The minimum absolute atomic E-state index is 0.0243. The van der Waals surface area contributed by atoms with Gasteiger partial charge in [-0.05, 0) is 43.4 Å². The molecule has 12 heteroatoms. The number of hydrogen-bond donors (Lipinski definition) is 2. The minimum Gasteiger partial charge on any atom is -0.495 e. The Morgan fingerprint density at radius 1 is 1.20 bits per heavy atom. The highest BCUT2D eigenvalue weighted by Crippen LogP contribution is 2.49. The summed E-state index contributed by atoms with van der Waals surface area (Å²) in [5.74, 6) is -1.08. The van der Waals surface area contributed by atoms with Crippen LogP contribution in [-0.2, 0) is 35.0 Å². The minimum atomic E-state index is -1.74. The van der Waals surface area contributed by atoms with Crippen molar-refractivity contribution in [2.45, 2.75) is 96.0 Å². The second-order valence-corrected chi connectivity index (χ2v) is 13.2. The van der Waals surface area contributed by atoms with E-state index in [1.54, 1.807) is 33.9 Å². The SMILES string of the molecule is COc1cc2cc(c1Cl)N(C)C(=O)C[C@H](OC(=O)C(C)C)[C@@]1(C)O[C@H]1[C@H](C)[C@@H]1C[C@@](O)(NC(=O)O1)[C@H](OC)C=CCC(C)C2. The molecule has 44 heavy (non-hydrogen) atoms. The summed E-state index contributed by atoms with van der Waals surface area (Å²) < 4.78 is 28.9. The van der Waals surface area contributed by atoms with Crippen LogP contribution in [0.15, 0.2) is 24.3 Å². The van der Waals surface area contributed by atoms with Crippen LogP contribution >= 0.6 is 11.6 Å². The predicted octanol–water partition coefficient (Wildman–Crippen LogP) is 4.40. The first-order chi connectivity index (χ1) is 20.6. The summed E-state index contributed by atoms with van der Waals surface area (Å²) in [4.78, 5) is 40.7. The highest BCUT2D eigenvalue weighted by molar-refractivity contribution is 6.35. The van der Waals surface area contributed by atoms with Crippen molar-refractivity contribution in [2.75, 3.05) is 26.2 Å². The molecule has 3 aliphatic heterocycles. The van der Waals surface area contributed by atoms with E-state index in [4.69, 9.17) is 35.3 Å². The average Bonchev–Trinajstić information content (AvgIpc) is 3.66. The maximum atomic E-state index is 13.8. The van der Waals surface area contributed by atoms with Crippen molar-refractivity contribution in [3.05, 3.63) is 34.9 Å². The number of hydrogen-bond acceptors (Lipinski definition) is 9. The molecule has 3 heterocycles. The van der Waals surface area contributed by atoms with E-state index in [0.717, 1.165) is 5.56 Å². The first-order valence-electron chi connectivity index (χ1n) is 15.0. The summed E-state index contributed by atoms with van der Waals surface area (Å²) in [6, 6.07) is 3.71. The van der Waals surface area contributed by atoms with E-state index >= 15 is 0 Å². The summed E-state index contributed by atoms with van der Waals surface area (Å²) in [6.45, 7) is 9.12. The summed E-state index contributed by atoms with van der Waals surface area (Å²) in [5, 5.41) is 14.4. The second-order valence-electron chi connectivity index (χ2n) is 12.8. The van der Waals surface area contributed by atoms with Crippen LogP contribution in [0.3, 0.4) is 0 Å². The van der Waals surface area contributed by atoms with Gasteiger partial charge < -0.3 is 33.7 Å². The lowest BCUT2D eigenvalue weighted by Gasteiger charge is -2.42. The van der Waals surface area contributed by atoms with E-state index in [1.807, 2.05) is 25.1 Å². The number of nitrogens with one attached hydrogen (secondary N) is 1. The largest absolute Gasteiger partial charge is 0.495 e. The van der Waals surface area contributed by atoms with Crippen LogP contribution in [0.5, 0.6) is 5.75 Å². The molecule has 244 valence electrons. The van der Waals surface area contributed by atoms with Crippen molar-refractivity contribution < 1.29 is 43.2 Å². The van der Waals surface area contributed by atoms with Gasteiger partial charge in [-0.1, -0.05) is 51.4 Å². The molecule has 0 aliphatic carbocycles. The number of halogens is 1. The monoisotopic (exact) mass is 636 g/mol. The van der Waals surface area contributed by atoms with Crippen molar-refractivity contribution >= 4 is 35.3 Å². The number of benzene rings is 1. The topological polar surface area (TPSA) is 136 Å². The quantitative estimate of drug-likeness (QED) is 0.280. The highest BCUT2D eigenvalue weighted by atomic mass is 35.5. The van der Waals surface area contributed by atoms with E-state index in [0.29, 0.717) is 29.3 Å². The number of nitrogens with zero attached hydrogens (tertiary/aromatic N) is 1. The molecule has 1 aromatic rings. The second kappa shape index (κ2) is 13.2. The number of rotatable bonds is 4. The molecule has 2 N–H and O–H groups in total. The van der Waals surface area contributed by atoms with E-state index in [-0.39, 0.29) is 24.7 Å². The Labute approximate surface area is 264 Å². The zero-order chi connectivity index (χ0) is 32.6. The Balaban J connectivity index is 1.76. The molecule has 2 amide bonds. The number of carbonyl (C=O) groups is 3. The molecule has 2 fully saturated rings. The summed E-state index contributed by atoms with van der Waals surface area (Å²) in [6.07, 6.45) is 0.926. The van der Waals surface area contributed by atoms with Gasteiger partial charge in [-0.3, -0.25) is 14.9 Å². The molecule has 3 aliphatic rings. The van der Waals surface area contributed by atoms with E-state index in [1.165, 1.54) is 19.1 Å².